The van der Waals surface area contributed by atoms with Crippen LogP contribution in [0.1, 0.15) is 59.9 Å². The minimum atomic E-state index is -0.648. The Bertz CT molecular complexity index is 477. The lowest BCUT2D eigenvalue weighted by Crippen LogP contribution is -2.47. The second-order valence-electron chi connectivity index (χ2n) is 7.46. The Morgan fingerprint density at radius 1 is 1.22 bits per heavy atom. The van der Waals surface area contributed by atoms with Crippen molar-refractivity contribution in [1.29, 1.82) is 0 Å². The van der Waals surface area contributed by atoms with Crippen LogP contribution in [-0.2, 0) is 10.2 Å². The van der Waals surface area contributed by atoms with Crippen molar-refractivity contribution in [3.05, 3.63) is 30.1 Å². The second kappa shape index (κ2) is 8.44. The van der Waals surface area contributed by atoms with E-state index in [4.69, 9.17) is 5.73 Å². The van der Waals surface area contributed by atoms with Gasteiger partial charge in [-0.15, -0.1) is 0 Å². The highest BCUT2D eigenvalue weighted by atomic mass is 16.1. The summed E-state index contributed by atoms with van der Waals surface area (Å²) in [5.41, 5.74) is 6.20. The van der Waals surface area contributed by atoms with E-state index in [2.05, 4.69) is 51.4 Å². The lowest BCUT2D eigenvalue weighted by Gasteiger charge is -2.37. The van der Waals surface area contributed by atoms with Crippen LogP contribution >= 0.6 is 0 Å². The Balaban J connectivity index is 3.15. The fraction of sp³-hybridized carbons (Fsp3) is 0.684. The molecule has 0 spiro atoms. The normalized spacial score (nSPS) is 14.7. The molecule has 0 aromatic carbocycles. The molecule has 1 atom stereocenters. The van der Waals surface area contributed by atoms with Crippen LogP contribution in [0.4, 0.5) is 0 Å². The molecule has 0 radical (unpaired) electrons. The molecule has 0 unspecified atom stereocenters. The number of primary amides is 1. The number of aromatic nitrogens is 1. The molecule has 1 rings (SSSR count). The fourth-order valence-electron chi connectivity index (χ4n) is 3.51. The summed E-state index contributed by atoms with van der Waals surface area (Å²) in [7, 11) is 0. The molecule has 0 bridgehead atoms. The summed E-state index contributed by atoms with van der Waals surface area (Å²) >= 11 is 0. The van der Waals surface area contributed by atoms with E-state index < -0.39 is 5.41 Å². The summed E-state index contributed by atoms with van der Waals surface area (Å²) in [6.07, 6.45) is 5.00. The molecule has 0 saturated heterocycles. The van der Waals surface area contributed by atoms with Crippen LogP contribution in [-0.4, -0.2) is 34.4 Å². The molecule has 4 nitrogen and oxygen atoms in total. The maximum atomic E-state index is 12.5. The molecule has 0 aliphatic carbocycles. The van der Waals surface area contributed by atoms with E-state index in [1.54, 1.807) is 12.4 Å². The number of carbonyl (C=O) groups excluding carboxylic acids is 1. The predicted octanol–water partition coefficient (Wildman–Crippen LogP) is 3.36. The Kier molecular flexibility index (Phi) is 7.20. The molecule has 130 valence electrons. The van der Waals surface area contributed by atoms with Gasteiger partial charge in [-0.25, -0.2) is 0 Å². The van der Waals surface area contributed by atoms with Gasteiger partial charge in [-0.2, -0.15) is 0 Å². The Morgan fingerprint density at radius 3 is 2.22 bits per heavy atom. The zero-order valence-corrected chi connectivity index (χ0v) is 15.5. The van der Waals surface area contributed by atoms with E-state index in [1.807, 2.05) is 12.1 Å². The summed E-state index contributed by atoms with van der Waals surface area (Å²) in [6.45, 7) is 13.9. The molecular formula is C19H33N3O. The van der Waals surface area contributed by atoms with Crippen molar-refractivity contribution in [1.82, 2.24) is 9.88 Å². The molecule has 0 aliphatic heterocycles. The van der Waals surface area contributed by atoms with Crippen LogP contribution < -0.4 is 5.73 Å². The second-order valence-corrected chi connectivity index (χ2v) is 7.46. The van der Waals surface area contributed by atoms with Gasteiger partial charge in [-0.05, 0) is 58.1 Å². The van der Waals surface area contributed by atoms with E-state index >= 15 is 0 Å². The summed E-state index contributed by atoms with van der Waals surface area (Å²) in [5.74, 6) is 0.140. The third-order valence-electron chi connectivity index (χ3n) is 4.57. The number of rotatable bonds is 9. The van der Waals surface area contributed by atoms with Gasteiger partial charge in [0.05, 0.1) is 5.41 Å². The highest BCUT2D eigenvalue weighted by molar-refractivity contribution is 5.86. The Morgan fingerprint density at radius 2 is 1.83 bits per heavy atom. The minimum Gasteiger partial charge on any atom is -0.369 e. The highest BCUT2D eigenvalue weighted by Crippen LogP contribution is 2.35. The molecule has 23 heavy (non-hydrogen) atoms. The fourth-order valence-corrected chi connectivity index (χ4v) is 3.51. The first kappa shape index (κ1) is 19.6. The standard InChI is InChI=1S/C19H33N3O/c1-14(2)12-19(18(20)23,17-8-7-10-21-13-17)9-11-22(15(3)4)16(5)6/h7-8,10,13-16H,9,11-12H2,1-6H3,(H2,20,23)/t19-/m0/s1. The number of hydrogen-bond donors (Lipinski definition) is 1. The van der Waals surface area contributed by atoms with Gasteiger partial charge in [0.15, 0.2) is 0 Å². The first-order valence-corrected chi connectivity index (χ1v) is 8.67. The molecule has 2 N–H and O–H groups in total. The molecule has 1 heterocycles. The van der Waals surface area contributed by atoms with Gasteiger partial charge in [-0.3, -0.25) is 14.7 Å². The lowest BCUT2D eigenvalue weighted by molar-refractivity contribution is -0.124. The lowest BCUT2D eigenvalue weighted by atomic mass is 9.71. The summed E-state index contributed by atoms with van der Waals surface area (Å²) in [5, 5.41) is 0. The number of nitrogens with zero attached hydrogens (tertiary/aromatic N) is 2. The predicted molar refractivity (Wildman–Crippen MR) is 96.2 cm³/mol. The monoisotopic (exact) mass is 319 g/mol. The number of carbonyl (C=O) groups is 1. The van der Waals surface area contributed by atoms with E-state index in [0.717, 1.165) is 24.9 Å². The first-order valence-electron chi connectivity index (χ1n) is 8.67. The van der Waals surface area contributed by atoms with Crippen LogP contribution in [0.3, 0.4) is 0 Å². The van der Waals surface area contributed by atoms with Crippen molar-refractivity contribution in [2.45, 2.75) is 71.9 Å². The number of nitrogens with two attached hydrogens (primary N) is 1. The average molecular weight is 319 g/mol. The quantitative estimate of drug-likeness (QED) is 0.759. The largest absolute Gasteiger partial charge is 0.369 e. The van der Waals surface area contributed by atoms with Gasteiger partial charge in [-0.1, -0.05) is 19.9 Å². The number of amides is 1. The van der Waals surface area contributed by atoms with Crippen LogP contribution in [0.15, 0.2) is 24.5 Å². The third kappa shape index (κ3) is 5.03. The van der Waals surface area contributed by atoms with E-state index in [1.165, 1.54) is 0 Å². The van der Waals surface area contributed by atoms with Crippen LogP contribution in [0.25, 0.3) is 0 Å². The Labute approximate surface area is 141 Å². The van der Waals surface area contributed by atoms with Gasteiger partial charge >= 0.3 is 0 Å². The van der Waals surface area contributed by atoms with Crippen molar-refractivity contribution in [2.24, 2.45) is 11.7 Å². The molecule has 1 aromatic rings. The van der Waals surface area contributed by atoms with Gasteiger partial charge in [0.1, 0.15) is 0 Å². The van der Waals surface area contributed by atoms with Crippen molar-refractivity contribution < 1.29 is 4.79 Å². The molecule has 1 amide bonds. The first-order chi connectivity index (χ1) is 10.7. The van der Waals surface area contributed by atoms with E-state index in [-0.39, 0.29) is 5.91 Å². The molecule has 1 aromatic heterocycles. The minimum absolute atomic E-state index is 0.244. The summed E-state index contributed by atoms with van der Waals surface area (Å²) in [6, 6.07) is 4.74. The molecule has 0 saturated carbocycles. The van der Waals surface area contributed by atoms with Gasteiger partial charge in [0.25, 0.3) is 0 Å². The number of pyridine rings is 1. The van der Waals surface area contributed by atoms with Crippen molar-refractivity contribution >= 4 is 5.91 Å². The zero-order chi connectivity index (χ0) is 17.6. The highest BCUT2D eigenvalue weighted by Gasteiger charge is 2.39. The number of hydrogen-bond acceptors (Lipinski definition) is 3. The van der Waals surface area contributed by atoms with E-state index in [0.29, 0.717) is 18.0 Å². The smallest absolute Gasteiger partial charge is 0.228 e. The van der Waals surface area contributed by atoms with Crippen LogP contribution in [0.5, 0.6) is 0 Å². The van der Waals surface area contributed by atoms with E-state index in [9.17, 15) is 4.79 Å². The van der Waals surface area contributed by atoms with Crippen LogP contribution in [0.2, 0.25) is 0 Å². The average Bonchev–Trinajstić information content (AvgIpc) is 2.45. The molecule has 4 heteroatoms. The third-order valence-corrected chi connectivity index (χ3v) is 4.57. The van der Waals surface area contributed by atoms with Crippen molar-refractivity contribution in [3.63, 3.8) is 0 Å². The van der Waals surface area contributed by atoms with Gasteiger partial charge < -0.3 is 5.73 Å². The molecular weight excluding hydrogens is 286 g/mol. The van der Waals surface area contributed by atoms with Crippen molar-refractivity contribution in [2.75, 3.05) is 6.54 Å². The zero-order valence-electron chi connectivity index (χ0n) is 15.5. The maximum absolute atomic E-state index is 12.5. The maximum Gasteiger partial charge on any atom is 0.228 e. The van der Waals surface area contributed by atoms with Crippen molar-refractivity contribution in [3.8, 4) is 0 Å². The topological polar surface area (TPSA) is 59.2 Å². The summed E-state index contributed by atoms with van der Waals surface area (Å²) < 4.78 is 0. The van der Waals surface area contributed by atoms with Crippen LogP contribution in [0, 0.1) is 5.92 Å². The molecule has 0 fully saturated rings. The van der Waals surface area contributed by atoms with Gasteiger partial charge in [0.2, 0.25) is 5.91 Å². The Hall–Kier alpha value is -1.42. The summed E-state index contributed by atoms with van der Waals surface area (Å²) in [4.78, 5) is 19.1. The molecule has 0 aliphatic rings. The SMILES string of the molecule is CC(C)C[C@](CCN(C(C)C)C(C)C)(C(N)=O)c1cccnc1. The van der Waals surface area contributed by atoms with Gasteiger partial charge in [0, 0.05) is 31.0 Å².